The van der Waals surface area contributed by atoms with Gasteiger partial charge in [0.05, 0.1) is 7.11 Å². The zero-order valence-electron chi connectivity index (χ0n) is 11.1. The van der Waals surface area contributed by atoms with Crippen molar-refractivity contribution in [3.8, 4) is 11.5 Å². The molecule has 1 aromatic rings. The quantitative estimate of drug-likeness (QED) is 0.621. The fourth-order valence-corrected chi connectivity index (χ4v) is 1.74. The maximum absolute atomic E-state index is 10.3. The molecular weight excluding hydrogens is 228 g/mol. The number of phenols is 1. The average Bonchev–Trinajstić information content (AvgIpc) is 2.35. The number of phenolic OH excluding ortho intramolecular Hbond substituents is 1. The fraction of sp³-hybridized carbons (Fsp3) is 0.400. The van der Waals surface area contributed by atoms with Gasteiger partial charge in [-0.1, -0.05) is 13.8 Å². The van der Waals surface area contributed by atoms with E-state index >= 15 is 0 Å². The number of carbonyl (C=O) groups excluding carboxylic acids is 1. The Morgan fingerprint density at radius 1 is 1.39 bits per heavy atom. The minimum Gasteiger partial charge on any atom is -0.507 e. The SMILES string of the molecule is COc1cc(O)c(/C=C\C=O)cc1CCC(C)C. The van der Waals surface area contributed by atoms with Crippen molar-refractivity contribution in [1.29, 1.82) is 0 Å². The highest BCUT2D eigenvalue weighted by Crippen LogP contribution is 2.30. The van der Waals surface area contributed by atoms with E-state index < -0.39 is 0 Å². The number of hydrogen-bond acceptors (Lipinski definition) is 3. The van der Waals surface area contributed by atoms with Crippen LogP contribution < -0.4 is 4.74 Å². The van der Waals surface area contributed by atoms with E-state index in [-0.39, 0.29) is 5.75 Å². The first kappa shape index (κ1) is 14.3. The van der Waals surface area contributed by atoms with Crippen molar-refractivity contribution in [2.24, 2.45) is 5.92 Å². The molecule has 1 aromatic carbocycles. The number of aldehydes is 1. The number of rotatable bonds is 6. The Hall–Kier alpha value is -1.77. The van der Waals surface area contributed by atoms with E-state index in [1.165, 1.54) is 6.08 Å². The Labute approximate surface area is 108 Å². The van der Waals surface area contributed by atoms with Gasteiger partial charge in [0.15, 0.2) is 0 Å². The molecule has 1 N–H and O–H groups in total. The second-order valence-electron chi connectivity index (χ2n) is 4.65. The number of methoxy groups -OCH3 is 1. The summed E-state index contributed by atoms with van der Waals surface area (Å²) in [5, 5.41) is 9.80. The largest absolute Gasteiger partial charge is 0.507 e. The van der Waals surface area contributed by atoms with Crippen LogP contribution in [0, 0.1) is 5.92 Å². The van der Waals surface area contributed by atoms with Crippen LogP contribution in [-0.4, -0.2) is 18.5 Å². The Morgan fingerprint density at radius 3 is 2.67 bits per heavy atom. The van der Waals surface area contributed by atoms with Crippen LogP contribution >= 0.6 is 0 Å². The molecule has 0 heterocycles. The molecule has 3 heteroatoms. The maximum Gasteiger partial charge on any atom is 0.142 e. The van der Waals surface area contributed by atoms with Crippen molar-refractivity contribution < 1.29 is 14.6 Å². The highest BCUT2D eigenvalue weighted by atomic mass is 16.5. The first-order valence-electron chi connectivity index (χ1n) is 6.10. The van der Waals surface area contributed by atoms with E-state index in [2.05, 4.69) is 13.8 Å². The second-order valence-corrected chi connectivity index (χ2v) is 4.65. The number of benzene rings is 1. The highest BCUT2D eigenvalue weighted by Gasteiger charge is 2.09. The monoisotopic (exact) mass is 248 g/mol. The van der Waals surface area contributed by atoms with Crippen LogP contribution in [0.15, 0.2) is 18.2 Å². The summed E-state index contributed by atoms with van der Waals surface area (Å²) in [5.74, 6) is 1.42. The lowest BCUT2D eigenvalue weighted by Gasteiger charge is -2.12. The minimum atomic E-state index is 0.123. The first-order chi connectivity index (χ1) is 8.58. The molecule has 0 amide bonds. The standard InChI is InChI=1S/C15H20O3/c1-11(2)6-7-13-9-12(5-4-8-16)14(17)10-15(13)18-3/h4-5,8-11,17H,6-7H2,1-3H3/b5-4-. The molecule has 0 atom stereocenters. The number of hydrogen-bond donors (Lipinski definition) is 1. The summed E-state index contributed by atoms with van der Waals surface area (Å²) in [4.78, 5) is 10.3. The zero-order chi connectivity index (χ0) is 13.5. The molecule has 98 valence electrons. The molecule has 0 bridgehead atoms. The molecule has 0 unspecified atom stereocenters. The average molecular weight is 248 g/mol. The van der Waals surface area contributed by atoms with Gasteiger partial charge in [0.1, 0.15) is 17.8 Å². The van der Waals surface area contributed by atoms with Gasteiger partial charge in [-0.25, -0.2) is 0 Å². The van der Waals surface area contributed by atoms with Crippen LogP contribution in [-0.2, 0) is 11.2 Å². The van der Waals surface area contributed by atoms with Crippen molar-refractivity contribution in [1.82, 2.24) is 0 Å². The molecule has 0 fully saturated rings. The zero-order valence-corrected chi connectivity index (χ0v) is 11.1. The lowest BCUT2D eigenvalue weighted by Crippen LogP contribution is -1.97. The molecule has 0 aliphatic carbocycles. The molecule has 0 saturated carbocycles. The van der Waals surface area contributed by atoms with E-state index in [1.54, 1.807) is 19.3 Å². The van der Waals surface area contributed by atoms with Crippen molar-refractivity contribution >= 4 is 12.4 Å². The van der Waals surface area contributed by atoms with Crippen molar-refractivity contribution in [3.05, 3.63) is 29.3 Å². The van der Waals surface area contributed by atoms with Crippen LogP contribution in [0.1, 0.15) is 31.4 Å². The third-order valence-corrected chi connectivity index (χ3v) is 2.78. The summed E-state index contributed by atoms with van der Waals surface area (Å²) in [6.45, 7) is 4.33. The molecule has 0 aliphatic rings. The number of carbonyl (C=O) groups is 1. The lowest BCUT2D eigenvalue weighted by atomic mass is 9.99. The summed E-state index contributed by atoms with van der Waals surface area (Å²) in [6, 6.07) is 3.47. The van der Waals surface area contributed by atoms with Gasteiger partial charge in [0.25, 0.3) is 0 Å². The van der Waals surface area contributed by atoms with E-state index in [0.717, 1.165) is 18.4 Å². The maximum atomic E-state index is 10.3. The molecule has 18 heavy (non-hydrogen) atoms. The van der Waals surface area contributed by atoms with Crippen molar-refractivity contribution in [2.45, 2.75) is 26.7 Å². The Kier molecular flexibility index (Phi) is 5.43. The third kappa shape index (κ3) is 3.91. The van der Waals surface area contributed by atoms with Crippen LogP contribution in [0.2, 0.25) is 0 Å². The van der Waals surface area contributed by atoms with Gasteiger partial charge < -0.3 is 9.84 Å². The van der Waals surface area contributed by atoms with Gasteiger partial charge in [-0.05, 0) is 42.5 Å². The van der Waals surface area contributed by atoms with Crippen LogP contribution in [0.25, 0.3) is 6.08 Å². The van der Waals surface area contributed by atoms with Crippen LogP contribution in [0.5, 0.6) is 11.5 Å². The molecule has 1 rings (SSSR count). The van der Waals surface area contributed by atoms with Gasteiger partial charge in [0, 0.05) is 11.6 Å². The Morgan fingerprint density at radius 2 is 2.11 bits per heavy atom. The van der Waals surface area contributed by atoms with E-state index in [0.29, 0.717) is 23.5 Å². The predicted molar refractivity (Wildman–Crippen MR) is 72.9 cm³/mol. The summed E-state index contributed by atoms with van der Waals surface area (Å²) >= 11 is 0. The van der Waals surface area contributed by atoms with Crippen molar-refractivity contribution in [2.75, 3.05) is 7.11 Å². The highest BCUT2D eigenvalue weighted by molar-refractivity contribution is 5.75. The topological polar surface area (TPSA) is 46.5 Å². The first-order valence-corrected chi connectivity index (χ1v) is 6.10. The summed E-state index contributed by atoms with van der Waals surface area (Å²) in [6.07, 6.45) is 5.60. The minimum absolute atomic E-state index is 0.123. The van der Waals surface area contributed by atoms with E-state index in [4.69, 9.17) is 4.74 Å². The smallest absolute Gasteiger partial charge is 0.142 e. The summed E-state index contributed by atoms with van der Waals surface area (Å²) in [5.41, 5.74) is 1.69. The predicted octanol–water partition coefficient (Wildman–Crippen LogP) is 3.20. The van der Waals surface area contributed by atoms with Gasteiger partial charge in [-0.2, -0.15) is 0 Å². The Balaban J connectivity index is 3.05. The molecule has 0 spiro atoms. The molecule has 0 aromatic heterocycles. The third-order valence-electron chi connectivity index (χ3n) is 2.78. The van der Waals surface area contributed by atoms with Gasteiger partial charge in [-0.3, -0.25) is 4.79 Å². The molecule has 0 radical (unpaired) electrons. The molecule has 0 saturated heterocycles. The number of aromatic hydroxyl groups is 1. The van der Waals surface area contributed by atoms with Crippen LogP contribution in [0.4, 0.5) is 0 Å². The van der Waals surface area contributed by atoms with Gasteiger partial charge >= 0.3 is 0 Å². The van der Waals surface area contributed by atoms with Crippen LogP contribution in [0.3, 0.4) is 0 Å². The summed E-state index contributed by atoms with van der Waals surface area (Å²) < 4.78 is 5.26. The number of allylic oxidation sites excluding steroid dienone is 1. The van der Waals surface area contributed by atoms with E-state index in [9.17, 15) is 9.90 Å². The molecule has 0 aliphatic heterocycles. The fourth-order valence-electron chi connectivity index (χ4n) is 1.74. The van der Waals surface area contributed by atoms with Gasteiger partial charge in [0.2, 0.25) is 0 Å². The Bertz CT molecular complexity index is 434. The second kappa shape index (κ2) is 6.84. The normalized spacial score (nSPS) is 11.1. The summed E-state index contributed by atoms with van der Waals surface area (Å²) in [7, 11) is 1.59. The van der Waals surface area contributed by atoms with Gasteiger partial charge in [-0.15, -0.1) is 0 Å². The number of aryl methyl sites for hydroxylation is 1. The van der Waals surface area contributed by atoms with Crippen molar-refractivity contribution in [3.63, 3.8) is 0 Å². The molecule has 3 nitrogen and oxygen atoms in total. The molecular formula is C15H20O3. The number of ether oxygens (including phenoxy) is 1. The van der Waals surface area contributed by atoms with E-state index in [1.807, 2.05) is 6.07 Å². The lowest BCUT2D eigenvalue weighted by molar-refractivity contribution is -0.104.